The molecule has 2 nitrogen and oxygen atoms in total. The van der Waals surface area contributed by atoms with Gasteiger partial charge in [0.1, 0.15) is 0 Å². The van der Waals surface area contributed by atoms with Crippen LogP contribution in [0, 0.1) is 6.92 Å². The van der Waals surface area contributed by atoms with Crippen molar-refractivity contribution < 1.29 is 0 Å². The van der Waals surface area contributed by atoms with Crippen LogP contribution in [0.5, 0.6) is 0 Å². The molecule has 4 heteroatoms. The largest absolute Gasteiger partial charge is 0.268 e. The second-order valence-electron chi connectivity index (χ2n) is 3.32. The molecule has 0 aliphatic rings. The molecule has 0 fully saturated rings. The van der Waals surface area contributed by atoms with Crippen molar-refractivity contribution in [3.63, 3.8) is 0 Å². The van der Waals surface area contributed by atoms with Crippen LogP contribution in [0.4, 0.5) is 0 Å². The van der Waals surface area contributed by atoms with Crippen molar-refractivity contribution in [2.45, 2.75) is 33.2 Å². The van der Waals surface area contributed by atoms with E-state index in [9.17, 15) is 0 Å². The SMILES string of the molecule is CCn1nc(C)c(Br)c1CC=CCCBr. The van der Waals surface area contributed by atoms with Gasteiger partial charge in [0.15, 0.2) is 0 Å². The Labute approximate surface area is 108 Å². The summed E-state index contributed by atoms with van der Waals surface area (Å²) in [6.45, 7) is 5.07. The number of hydrogen-bond donors (Lipinski definition) is 0. The van der Waals surface area contributed by atoms with Gasteiger partial charge in [-0.05, 0) is 36.2 Å². The molecule has 15 heavy (non-hydrogen) atoms. The summed E-state index contributed by atoms with van der Waals surface area (Å²) in [5.74, 6) is 0. The average Bonchev–Trinajstić information content (AvgIpc) is 2.51. The molecule has 0 bridgehead atoms. The molecule has 0 aliphatic carbocycles. The molecule has 1 heterocycles. The number of alkyl halides is 1. The van der Waals surface area contributed by atoms with Crippen LogP contribution in [0.15, 0.2) is 16.6 Å². The van der Waals surface area contributed by atoms with Gasteiger partial charge in [-0.3, -0.25) is 4.68 Å². The number of halogens is 2. The number of aryl methyl sites for hydroxylation is 2. The third-order valence-corrected chi connectivity index (χ3v) is 3.70. The summed E-state index contributed by atoms with van der Waals surface area (Å²) >= 11 is 6.99. The summed E-state index contributed by atoms with van der Waals surface area (Å²) in [4.78, 5) is 0. The van der Waals surface area contributed by atoms with Crippen LogP contribution in [0.1, 0.15) is 24.7 Å². The molecule has 1 aromatic rings. The van der Waals surface area contributed by atoms with E-state index < -0.39 is 0 Å². The monoisotopic (exact) mass is 334 g/mol. The lowest BCUT2D eigenvalue weighted by molar-refractivity contribution is 0.626. The highest BCUT2D eigenvalue weighted by Crippen LogP contribution is 2.21. The van der Waals surface area contributed by atoms with Gasteiger partial charge in [0, 0.05) is 18.3 Å². The lowest BCUT2D eigenvalue weighted by atomic mass is 10.2. The quantitative estimate of drug-likeness (QED) is 0.590. The molecule has 0 saturated heterocycles. The van der Waals surface area contributed by atoms with E-state index in [2.05, 4.69) is 60.7 Å². The number of allylic oxidation sites excluding steroid dienone is 2. The number of nitrogens with zero attached hydrogens (tertiary/aromatic N) is 2. The molecule has 0 saturated carbocycles. The van der Waals surface area contributed by atoms with E-state index in [1.165, 1.54) is 5.69 Å². The second kappa shape index (κ2) is 6.48. The summed E-state index contributed by atoms with van der Waals surface area (Å²) in [6, 6.07) is 0. The smallest absolute Gasteiger partial charge is 0.0738 e. The molecule has 1 rings (SSSR count). The van der Waals surface area contributed by atoms with Gasteiger partial charge < -0.3 is 0 Å². The summed E-state index contributed by atoms with van der Waals surface area (Å²) in [5, 5.41) is 5.48. The Morgan fingerprint density at radius 2 is 2.13 bits per heavy atom. The fourth-order valence-electron chi connectivity index (χ4n) is 1.44. The van der Waals surface area contributed by atoms with Crippen molar-refractivity contribution in [2.75, 3.05) is 5.33 Å². The van der Waals surface area contributed by atoms with Crippen LogP contribution in [-0.4, -0.2) is 15.1 Å². The van der Waals surface area contributed by atoms with E-state index in [-0.39, 0.29) is 0 Å². The van der Waals surface area contributed by atoms with Gasteiger partial charge in [0.25, 0.3) is 0 Å². The van der Waals surface area contributed by atoms with E-state index in [0.29, 0.717) is 0 Å². The van der Waals surface area contributed by atoms with Crippen LogP contribution >= 0.6 is 31.9 Å². The highest BCUT2D eigenvalue weighted by atomic mass is 79.9. The molecule has 0 spiro atoms. The molecule has 0 atom stereocenters. The molecule has 84 valence electrons. The molecule has 0 amide bonds. The van der Waals surface area contributed by atoms with Crippen LogP contribution in [0.2, 0.25) is 0 Å². The molecule has 0 radical (unpaired) electrons. The van der Waals surface area contributed by atoms with Crippen molar-refractivity contribution in [2.24, 2.45) is 0 Å². The first kappa shape index (κ1) is 13.0. The lowest BCUT2D eigenvalue weighted by Gasteiger charge is -2.01. The Hall–Kier alpha value is -0.0900. The maximum atomic E-state index is 4.45. The topological polar surface area (TPSA) is 17.8 Å². The van der Waals surface area contributed by atoms with Crippen molar-refractivity contribution in [3.8, 4) is 0 Å². The minimum Gasteiger partial charge on any atom is -0.268 e. The van der Waals surface area contributed by atoms with E-state index >= 15 is 0 Å². The molecular formula is C11H16Br2N2. The summed E-state index contributed by atoms with van der Waals surface area (Å²) in [7, 11) is 0. The lowest BCUT2D eigenvalue weighted by Crippen LogP contribution is -2.01. The van der Waals surface area contributed by atoms with Crippen molar-refractivity contribution in [1.29, 1.82) is 0 Å². The van der Waals surface area contributed by atoms with Crippen molar-refractivity contribution >= 4 is 31.9 Å². The molecular weight excluding hydrogens is 320 g/mol. The fourth-order valence-corrected chi connectivity index (χ4v) is 2.15. The van der Waals surface area contributed by atoms with Gasteiger partial charge in [-0.25, -0.2) is 0 Å². The summed E-state index contributed by atoms with van der Waals surface area (Å²) < 4.78 is 3.20. The summed E-state index contributed by atoms with van der Waals surface area (Å²) in [6.07, 6.45) is 6.43. The predicted molar refractivity (Wildman–Crippen MR) is 71.6 cm³/mol. The number of rotatable bonds is 5. The van der Waals surface area contributed by atoms with E-state index in [0.717, 1.165) is 34.9 Å². The first-order valence-corrected chi connectivity index (χ1v) is 7.04. The normalized spacial score (nSPS) is 11.5. The number of aromatic nitrogens is 2. The van der Waals surface area contributed by atoms with Crippen LogP contribution in [0.25, 0.3) is 0 Å². The molecule has 0 unspecified atom stereocenters. The third kappa shape index (κ3) is 3.45. The molecule has 0 N–H and O–H groups in total. The Morgan fingerprint density at radius 1 is 1.40 bits per heavy atom. The highest BCUT2D eigenvalue weighted by molar-refractivity contribution is 9.10. The van der Waals surface area contributed by atoms with Crippen LogP contribution in [0.3, 0.4) is 0 Å². The van der Waals surface area contributed by atoms with Gasteiger partial charge in [-0.2, -0.15) is 5.10 Å². The zero-order valence-electron chi connectivity index (χ0n) is 9.13. The minimum absolute atomic E-state index is 0.925. The van der Waals surface area contributed by atoms with Gasteiger partial charge in [0.2, 0.25) is 0 Å². The van der Waals surface area contributed by atoms with Gasteiger partial charge >= 0.3 is 0 Å². The first-order chi connectivity index (χ1) is 7.20. The zero-order valence-corrected chi connectivity index (χ0v) is 12.3. The Bertz CT molecular complexity index is 343. The maximum absolute atomic E-state index is 4.45. The van der Waals surface area contributed by atoms with Crippen LogP contribution < -0.4 is 0 Å². The number of hydrogen-bond acceptors (Lipinski definition) is 1. The van der Waals surface area contributed by atoms with E-state index in [4.69, 9.17) is 0 Å². The Morgan fingerprint density at radius 3 is 2.73 bits per heavy atom. The predicted octanol–water partition coefficient (Wildman–Crippen LogP) is 3.86. The van der Waals surface area contributed by atoms with E-state index in [1.54, 1.807) is 0 Å². The standard InChI is InChI=1S/C11H16Br2N2/c1-3-15-10(7-5-4-6-8-12)11(13)9(2)14-15/h4-5H,3,6-8H2,1-2H3. The van der Waals surface area contributed by atoms with Gasteiger partial charge in [-0.15, -0.1) is 0 Å². The second-order valence-corrected chi connectivity index (χ2v) is 4.90. The Balaban J connectivity index is 2.74. The molecule has 0 aliphatic heterocycles. The van der Waals surface area contributed by atoms with Gasteiger partial charge in [0.05, 0.1) is 15.9 Å². The average molecular weight is 336 g/mol. The zero-order chi connectivity index (χ0) is 11.3. The van der Waals surface area contributed by atoms with Crippen molar-refractivity contribution in [3.05, 3.63) is 28.0 Å². The highest BCUT2D eigenvalue weighted by Gasteiger charge is 2.09. The van der Waals surface area contributed by atoms with Crippen LogP contribution in [-0.2, 0) is 13.0 Å². The minimum atomic E-state index is 0.925. The Kier molecular flexibility index (Phi) is 5.61. The molecule has 1 aromatic heterocycles. The maximum Gasteiger partial charge on any atom is 0.0738 e. The fraction of sp³-hybridized carbons (Fsp3) is 0.545. The first-order valence-electron chi connectivity index (χ1n) is 5.13. The molecule has 0 aromatic carbocycles. The van der Waals surface area contributed by atoms with E-state index in [1.807, 2.05) is 6.92 Å². The third-order valence-electron chi connectivity index (χ3n) is 2.21. The van der Waals surface area contributed by atoms with Gasteiger partial charge in [-0.1, -0.05) is 28.1 Å². The summed E-state index contributed by atoms with van der Waals surface area (Å²) in [5.41, 5.74) is 2.33. The van der Waals surface area contributed by atoms with Crippen molar-refractivity contribution in [1.82, 2.24) is 9.78 Å².